The van der Waals surface area contributed by atoms with Crippen LogP contribution >= 0.6 is 22.9 Å². The van der Waals surface area contributed by atoms with Gasteiger partial charge in [0.15, 0.2) is 0 Å². The molecule has 2 aromatic heterocycles. The number of hydrogen-bond acceptors (Lipinski definition) is 4. The first-order valence-electron chi connectivity index (χ1n) is 5.99. The van der Waals surface area contributed by atoms with Crippen LogP contribution in [0.15, 0.2) is 23.8 Å². The van der Waals surface area contributed by atoms with E-state index in [1.54, 1.807) is 0 Å². The predicted molar refractivity (Wildman–Crippen MR) is 75.4 cm³/mol. The molecular formula is C13H14ClN3S. The summed E-state index contributed by atoms with van der Waals surface area (Å²) in [5.41, 5.74) is 2.37. The Morgan fingerprint density at radius 1 is 1.44 bits per heavy atom. The molecule has 2 aromatic rings. The summed E-state index contributed by atoms with van der Waals surface area (Å²) in [5.74, 6) is 1.26. The standard InChI is InChI=1S/C13H14ClN3S/c1-9-11-3-5-18-12(11)2-4-17(9)13-15-7-10(6-14)8-16-13/h3,5,7-9H,2,4,6H2,1H3. The number of alkyl halides is 1. The summed E-state index contributed by atoms with van der Waals surface area (Å²) in [6.07, 6.45) is 4.70. The molecule has 0 radical (unpaired) electrons. The molecule has 0 saturated heterocycles. The molecule has 3 heterocycles. The molecule has 5 heteroatoms. The lowest BCUT2D eigenvalue weighted by Crippen LogP contribution is -2.34. The number of anilines is 1. The molecule has 0 saturated carbocycles. The summed E-state index contributed by atoms with van der Waals surface area (Å²) in [5, 5.41) is 2.17. The minimum absolute atomic E-state index is 0.349. The van der Waals surface area contributed by atoms with Crippen LogP contribution in [-0.4, -0.2) is 16.5 Å². The van der Waals surface area contributed by atoms with Gasteiger partial charge in [-0.3, -0.25) is 0 Å². The number of nitrogens with zero attached hydrogens (tertiary/aromatic N) is 3. The highest BCUT2D eigenvalue weighted by Crippen LogP contribution is 2.34. The van der Waals surface area contributed by atoms with Gasteiger partial charge in [-0.25, -0.2) is 9.97 Å². The molecular weight excluding hydrogens is 266 g/mol. The van der Waals surface area contributed by atoms with Crippen molar-refractivity contribution in [2.45, 2.75) is 25.3 Å². The van der Waals surface area contributed by atoms with Crippen molar-refractivity contribution < 1.29 is 0 Å². The molecule has 1 aliphatic rings. The number of halogens is 1. The van der Waals surface area contributed by atoms with E-state index in [1.165, 1.54) is 10.4 Å². The highest BCUT2D eigenvalue weighted by atomic mass is 35.5. The summed E-state index contributed by atoms with van der Waals surface area (Å²) in [7, 11) is 0. The van der Waals surface area contributed by atoms with E-state index in [0.717, 1.165) is 24.5 Å². The van der Waals surface area contributed by atoms with E-state index in [2.05, 4.69) is 33.2 Å². The van der Waals surface area contributed by atoms with Crippen molar-refractivity contribution >= 4 is 28.9 Å². The molecule has 0 N–H and O–H groups in total. The first kappa shape index (κ1) is 11.9. The maximum absolute atomic E-state index is 5.75. The van der Waals surface area contributed by atoms with Gasteiger partial charge in [-0.15, -0.1) is 22.9 Å². The third-order valence-electron chi connectivity index (χ3n) is 3.38. The highest BCUT2D eigenvalue weighted by Gasteiger charge is 2.26. The van der Waals surface area contributed by atoms with Gasteiger partial charge in [0.2, 0.25) is 5.95 Å². The second-order valence-corrected chi connectivity index (χ2v) is 5.71. The van der Waals surface area contributed by atoms with Crippen LogP contribution in [0.3, 0.4) is 0 Å². The Hall–Kier alpha value is -1.13. The molecule has 18 heavy (non-hydrogen) atoms. The summed E-state index contributed by atoms with van der Waals surface area (Å²) in [6, 6.07) is 2.56. The van der Waals surface area contributed by atoms with Gasteiger partial charge in [0, 0.05) is 29.4 Å². The van der Waals surface area contributed by atoms with Crippen LogP contribution in [0.4, 0.5) is 5.95 Å². The van der Waals surface area contributed by atoms with Gasteiger partial charge in [0.05, 0.1) is 11.9 Å². The van der Waals surface area contributed by atoms with Crippen molar-refractivity contribution in [2.24, 2.45) is 0 Å². The third-order valence-corrected chi connectivity index (χ3v) is 4.69. The molecule has 1 atom stereocenters. The Kier molecular flexibility index (Phi) is 3.22. The third kappa shape index (κ3) is 1.99. The Balaban J connectivity index is 1.89. The van der Waals surface area contributed by atoms with Gasteiger partial charge in [-0.1, -0.05) is 0 Å². The SMILES string of the molecule is CC1c2ccsc2CCN1c1ncc(CCl)cn1. The van der Waals surface area contributed by atoms with Crippen LogP contribution in [0.5, 0.6) is 0 Å². The fourth-order valence-electron chi connectivity index (χ4n) is 2.35. The van der Waals surface area contributed by atoms with Gasteiger partial charge >= 0.3 is 0 Å². The monoisotopic (exact) mass is 279 g/mol. The Bertz CT molecular complexity index is 537. The van der Waals surface area contributed by atoms with Crippen LogP contribution in [-0.2, 0) is 12.3 Å². The molecule has 0 amide bonds. The van der Waals surface area contributed by atoms with Crippen LogP contribution in [0, 0.1) is 0 Å². The van der Waals surface area contributed by atoms with Crippen LogP contribution in [0.2, 0.25) is 0 Å². The second-order valence-electron chi connectivity index (χ2n) is 4.44. The van der Waals surface area contributed by atoms with Gasteiger partial charge in [-0.05, 0) is 30.4 Å². The fraction of sp³-hybridized carbons (Fsp3) is 0.385. The quantitative estimate of drug-likeness (QED) is 0.789. The van der Waals surface area contributed by atoms with E-state index in [9.17, 15) is 0 Å². The van der Waals surface area contributed by atoms with E-state index in [1.807, 2.05) is 23.7 Å². The zero-order chi connectivity index (χ0) is 12.5. The van der Waals surface area contributed by atoms with Crippen molar-refractivity contribution in [1.29, 1.82) is 0 Å². The van der Waals surface area contributed by atoms with Gasteiger partial charge in [0.25, 0.3) is 0 Å². The van der Waals surface area contributed by atoms with E-state index in [4.69, 9.17) is 11.6 Å². The van der Waals surface area contributed by atoms with Gasteiger partial charge in [-0.2, -0.15) is 0 Å². The molecule has 94 valence electrons. The maximum atomic E-state index is 5.75. The minimum Gasteiger partial charge on any atom is -0.334 e. The van der Waals surface area contributed by atoms with Crippen LogP contribution in [0.1, 0.15) is 29.0 Å². The predicted octanol–water partition coefficient (Wildman–Crippen LogP) is 3.40. The van der Waals surface area contributed by atoms with Gasteiger partial charge < -0.3 is 4.90 Å². The van der Waals surface area contributed by atoms with E-state index < -0.39 is 0 Å². The lowest BCUT2D eigenvalue weighted by atomic mass is 10.0. The molecule has 0 spiro atoms. The normalized spacial score (nSPS) is 18.8. The number of fused-ring (bicyclic) bond motifs is 1. The molecule has 0 aliphatic carbocycles. The maximum Gasteiger partial charge on any atom is 0.225 e. The Labute approximate surface area is 115 Å². The van der Waals surface area contributed by atoms with E-state index in [0.29, 0.717) is 11.9 Å². The lowest BCUT2D eigenvalue weighted by molar-refractivity contribution is 0.615. The molecule has 0 bridgehead atoms. The number of aromatic nitrogens is 2. The van der Waals surface area contributed by atoms with Crippen molar-refractivity contribution in [3.05, 3.63) is 39.8 Å². The first-order chi connectivity index (χ1) is 8.79. The summed E-state index contributed by atoms with van der Waals surface area (Å²) in [4.78, 5) is 12.6. The summed E-state index contributed by atoms with van der Waals surface area (Å²) >= 11 is 7.60. The lowest BCUT2D eigenvalue weighted by Gasteiger charge is -2.33. The highest BCUT2D eigenvalue weighted by molar-refractivity contribution is 7.10. The zero-order valence-corrected chi connectivity index (χ0v) is 11.7. The zero-order valence-electron chi connectivity index (χ0n) is 10.1. The second kappa shape index (κ2) is 4.86. The fourth-order valence-corrected chi connectivity index (χ4v) is 3.45. The number of rotatable bonds is 2. The van der Waals surface area contributed by atoms with Crippen molar-refractivity contribution in [2.75, 3.05) is 11.4 Å². The number of thiophene rings is 1. The molecule has 1 unspecified atom stereocenters. The molecule has 1 aliphatic heterocycles. The van der Waals surface area contributed by atoms with Gasteiger partial charge in [0.1, 0.15) is 0 Å². The van der Waals surface area contributed by atoms with Crippen LogP contribution < -0.4 is 4.90 Å². The molecule has 0 aromatic carbocycles. The average molecular weight is 280 g/mol. The first-order valence-corrected chi connectivity index (χ1v) is 7.41. The molecule has 3 rings (SSSR count). The largest absolute Gasteiger partial charge is 0.334 e. The van der Waals surface area contributed by atoms with Crippen molar-refractivity contribution in [1.82, 2.24) is 9.97 Å². The molecule has 0 fully saturated rings. The smallest absolute Gasteiger partial charge is 0.225 e. The van der Waals surface area contributed by atoms with Crippen molar-refractivity contribution in [3.63, 3.8) is 0 Å². The van der Waals surface area contributed by atoms with E-state index >= 15 is 0 Å². The molecule has 3 nitrogen and oxygen atoms in total. The Morgan fingerprint density at radius 3 is 2.94 bits per heavy atom. The van der Waals surface area contributed by atoms with Crippen LogP contribution in [0.25, 0.3) is 0 Å². The Morgan fingerprint density at radius 2 is 2.22 bits per heavy atom. The average Bonchev–Trinajstić information content (AvgIpc) is 2.89. The topological polar surface area (TPSA) is 29.0 Å². The summed E-state index contributed by atoms with van der Waals surface area (Å²) in [6.45, 7) is 3.19. The number of hydrogen-bond donors (Lipinski definition) is 0. The van der Waals surface area contributed by atoms with E-state index in [-0.39, 0.29) is 0 Å². The minimum atomic E-state index is 0.349. The van der Waals surface area contributed by atoms with Crippen molar-refractivity contribution in [3.8, 4) is 0 Å². The summed E-state index contributed by atoms with van der Waals surface area (Å²) < 4.78 is 0.